The average Bonchev–Trinajstić information content (AvgIpc) is 3.28. The van der Waals surface area contributed by atoms with Gasteiger partial charge in [0, 0.05) is 29.0 Å². The van der Waals surface area contributed by atoms with Crippen molar-refractivity contribution in [2.45, 2.75) is 6.54 Å². The normalized spacial score (nSPS) is 11.0. The highest BCUT2D eigenvalue weighted by Gasteiger charge is 2.11. The molecule has 24 heavy (non-hydrogen) atoms. The van der Waals surface area contributed by atoms with Crippen molar-refractivity contribution >= 4 is 33.8 Å². The minimum atomic E-state index is -0.195. The molecular weight excluding hydrogens is 346 g/mol. The molecule has 3 heterocycles. The SMILES string of the molecule is O=C(NCc1cn2ccsc2n1)c1cnn(-c2cccc(Cl)c2)c1. The maximum absolute atomic E-state index is 12.3. The van der Waals surface area contributed by atoms with Crippen LogP contribution in [0.2, 0.25) is 5.02 Å². The van der Waals surface area contributed by atoms with E-state index in [0.29, 0.717) is 17.1 Å². The Morgan fingerprint density at radius 1 is 1.33 bits per heavy atom. The number of halogens is 1. The molecule has 0 atom stereocenters. The zero-order valence-electron chi connectivity index (χ0n) is 12.4. The number of nitrogens with zero attached hydrogens (tertiary/aromatic N) is 4. The van der Waals surface area contributed by atoms with E-state index in [0.717, 1.165) is 16.3 Å². The van der Waals surface area contributed by atoms with Gasteiger partial charge >= 0.3 is 0 Å². The van der Waals surface area contributed by atoms with Gasteiger partial charge in [0.2, 0.25) is 0 Å². The fraction of sp³-hybridized carbons (Fsp3) is 0.0625. The van der Waals surface area contributed by atoms with E-state index in [1.54, 1.807) is 34.3 Å². The average molecular weight is 358 g/mol. The Balaban J connectivity index is 1.45. The van der Waals surface area contributed by atoms with Crippen molar-refractivity contribution in [3.05, 3.63) is 70.7 Å². The fourth-order valence-electron chi connectivity index (χ4n) is 2.33. The quantitative estimate of drug-likeness (QED) is 0.610. The molecule has 0 aliphatic heterocycles. The summed E-state index contributed by atoms with van der Waals surface area (Å²) in [6.07, 6.45) is 7.05. The van der Waals surface area contributed by atoms with E-state index in [4.69, 9.17) is 11.6 Å². The monoisotopic (exact) mass is 357 g/mol. The molecule has 120 valence electrons. The molecule has 1 aromatic carbocycles. The number of hydrogen-bond donors (Lipinski definition) is 1. The minimum Gasteiger partial charge on any atom is -0.346 e. The van der Waals surface area contributed by atoms with Crippen molar-refractivity contribution in [1.29, 1.82) is 0 Å². The summed E-state index contributed by atoms with van der Waals surface area (Å²) in [6, 6.07) is 7.29. The molecular formula is C16H12ClN5OS. The van der Waals surface area contributed by atoms with Crippen molar-refractivity contribution in [3.8, 4) is 5.69 Å². The number of rotatable bonds is 4. The smallest absolute Gasteiger partial charge is 0.254 e. The maximum Gasteiger partial charge on any atom is 0.254 e. The van der Waals surface area contributed by atoms with Crippen LogP contribution in [0.15, 0.2) is 54.4 Å². The predicted octanol–water partition coefficient (Wildman–Crippen LogP) is 3.16. The largest absolute Gasteiger partial charge is 0.346 e. The van der Waals surface area contributed by atoms with Crippen LogP contribution in [-0.2, 0) is 6.54 Å². The second-order valence-electron chi connectivity index (χ2n) is 5.16. The van der Waals surface area contributed by atoms with Crippen molar-refractivity contribution < 1.29 is 4.79 Å². The lowest BCUT2D eigenvalue weighted by Crippen LogP contribution is -2.22. The van der Waals surface area contributed by atoms with E-state index in [-0.39, 0.29) is 5.91 Å². The minimum absolute atomic E-state index is 0.195. The molecule has 8 heteroatoms. The van der Waals surface area contributed by atoms with Gasteiger partial charge in [-0.1, -0.05) is 17.7 Å². The number of thiazole rings is 1. The summed E-state index contributed by atoms with van der Waals surface area (Å²) in [5.74, 6) is -0.195. The highest BCUT2D eigenvalue weighted by Crippen LogP contribution is 2.15. The number of hydrogen-bond acceptors (Lipinski definition) is 4. The molecule has 3 aromatic heterocycles. The Kier molecular flexibility index (Phi) is 3.79. The molecule has 4 rings (SSSR count). The second-order valence-corrected chi connectivity index (χ2v) is 6.47. The topological polar surface area (TPSA) is 64.2 Å². The zero-order valence-corrected chi connectivity index (χ0v) is 14.0. The summed E-state index contributed by atoms with van der Waals surface area (Å²) in [6.45, 7) is 0.371. The summed E-state index contributed by atoms with van der Waals surface area (Å²) < 4.78 is 3.55. The number of fused-ring (bicyclic) bond motifs is 1. The third kappa shape index (κ3) is 2.91. The van der Waals surface area contributed by atoms with Crippen LogP contribution in [-0.4, -0.2) is 25.1 Å². The Morgan fingerprint density at radius 3 is 3.08 bits per heavy atom. The van der Waals surface area contributed by atoms with Gasteiger partial charge in [0.25, 0.3) is 5.91 Å². The number of carbonyl (C=O) groups is 1. The Labute approximate surface area is 146 Å². The van der Waals surface area contributed by atoms with Crippen molar-refractivity contribution in [1.82, 2.24) is 24.5 Å². The molecule has 4 aromatic rings. The lowest BCUT2D eigenvalue weighted by atomic mass is 10.3. The molecule has 0 radical (unpaired) electrons. The Bertz CT molecular complexity index is 990. The zero-order chi connectivity index (χ0) is 16.5. The summed E-state index contributed by atoms with van der Waals surface area (Å²) >= 11 is 7.53. The van der Waals surface area contributed by atoms with Gasteiger partial charge in [0.15, 0.2) is 4.96 Å². The van der Waals surface area contributed by atoms with Crippen LogP contribution in [0.3, 0.4) is 0 Å². The van der Waals surface area contributed by atoms with Crippen molar-refractivity contribution in [3.63, 3.8) is 0 Å². The lowest BCUT2D eigenvalue weighted by Gasteiger charge is -2.01. The van der Waals surface area contributed by atoms with Crippen LogP contribution in [0, 0.1) is 0 Å². The molecule has 0 spiro atoms. The highest BCUT2D eigenvalue weighted by molar-refractivity contribution is 7.15. The van der Waals surface area contributed by atoms with Gasteiger partial charge in [-0.3, -0.25) is 9.20 Å². The van der Waals surface area contributed by atoms with E-state index in [1.807, 2.05) is 34.3 Å². The summed E-state index contributed by atoms with van der Waals surface area (Å²) in [5.41, 5.74) is 2.10. The van der Waals surface area contributed by atoms with Crippen molar-refractivity contribution in [2.75, 3.05) is 0 Å². The second kappa shape index (κ2) is 6.10. The third-order valence-corrected chi connectivity index (χ3v) is 4.50. The fourth-order valence-corrected chi connectivity index (χ4v) is 3.24. The summed E-state index contributed by atoms with van der Waals surface area (Å²) in [5, 5.41) is 9.65. The summed E-state index contributed by atoms with van der Waals surface area (Å²) in [7, 11) is 0. The van der Waals surface area contributed by atoms with Gasteiger partial charge in [-0.2, -0.15) is 5.10 Å². The number of amides is 1. The first-order chi connectivity index (χ1) is 11.7. The predicted molar refractivity (Wildman–Crippen MR) is 92.8 cm³/mol. The molecule has 1 amide bonds. The molecule has 0 fully saturated rings. The van der Waals surface area contributed by atoms with Crippen LogP contribution in [0.1, 0.15) is 16.1 Å². The van der Waals surface area contributed by atoms with E-state index in [2.05, 4.69) is 15.4 Å². The maximum atomic E-state index is 12.3. The first kappa shape index (κ1) is 14.9. The number of aromatic nitrogens is 4. The summed E-state index contributed by atoms with van der Waals surface area (Å²) in [4.78, 5) is 17.6. The molecule has 1 N–H and O–H groups in total. The first-order valence-corrected chi connectivity index (χ1v) is 8.45. The number of nitrogens with one attached hydrogen (secondary N) is 1. The Hall–Kier alpha value is -2.64. The molecule has 0 saturated carbocycles. The third-order valence-electron chi connectivity index (χ3n) is 3.49. The van der Waals surface area contributed by atoms with Crippen LogP contribution in [0.5, 0.6) is 0 Å². The van der Waals surface area contributed by atoms with Gasteiger partial charge in [0.05, 0.1) is 29.7 Å². The van der Waals surface area contributed by atoms with Crippen LogP contribution in [0.4, 0.5) is 0 Å². The number of benzene rings is 1. The molecule has 0 aliphatic rings. The van der Waals surface area contributed by atoms with Gasteiger partial charge < -0.3 is 5.32 Å². The van der Waals surface area contributed by atoms with E-state index >= 15 is 0 Å². The molecule has 6 nitrogen and oxygen atoms in total. The van der Waals surface area contributed by atoms with Crippen LogP contribution < -0.4 is 5.32 Å². The number of carbonyl (C=O) groups excluding carboxylic acids is 1. The van der Waals surface area contributed by atoms with Crippen LogP contribution in [0.25, 0.3) is 10.6 Å². The van der Waals surface area contributed by atoms with Gasteiger partial charge in [0.1, 0.15) is 0 Å². The first-order valence-electron chi connectivity index (χ1n) is 7.19. The van der Waals surface area contributed by atoms with Gasteiger partial charge in [-0.25, -0.2) is 9.67 Å². The van der Waals surface area contributed by atoms with Crippen molar-refractivity contribution in [2.24, 2.45) is 0 Å². The van der Waals surface area contributed by atoms with E-state index in [1.165, 1.54) is 6.20 Å². The van der Waals surface area contributed by atoms with Gasteiger partial charge in [-0.05, 0) is 18.2 Å². The van der Waals surface area contributed by atoms with Crippen LogP contribution >= 0.6 is 22.9 Å². The molecule has 0 unspecified atom stereocenters. The van der Waals surface area contributed by atoms with Gasteiger partial charge in [-0.15, -0.1) is 11.3 Å². The van der Waals surface area contributed by atoms with E-state index < -0.39 is 0 Å². The Morgan fingerprint density at radius 2 is 2.25 bits per heavy atom. The van der Waals surface area contributed by atoms with E-state index in [9.17, 15) is 4.79 Å². The molecule has 0 saturated heterocycles. The molecule has 0 aliphatic carbocycles. The highest BCUT2D eigenvalue weighted by atomic mass is 35.5. The number of imidazole rings is 1. The standard InChI is InChI=1S/C16H12ClN5OS/c17-12-2-1-3-14(6-12)22-9-11(7-19-22)15(23)18-8-13-10-21-4-5-24-16(21)20-13/h1-7,9-10H,8H2,(H,18,23). The lowest BCUT2D eigenvalue weighted by molar-refractivity contribution is 0.0950. The molecule has 0 bridgehead atoms.